The number of H-pyrrole nitrogens is 1. The van der Waals surface area contributed by atoms with Crippen LogP contribution in [0.3, 0.4) is 0 Å². The predicted octanol–water partition coefficient (Wildman–Crippen LogP) is 1.29. The van der Waals surface area contributed by atoms with Crippen molar-refractivity contribution in [3.8, 4) is 0 Å². The number of hydrogen-bond donors (Lipinski definition) is 2. The van der Waals surface area contributed by atoms with Crippen LogP contribution in [0.15, 0.2) is 0 Å². The number of aliphatic hydroxyl groups excluding tert-OH is 1. The summed E-state index contributed by atoms with van der Waals surface area (Å²) in [7, 11) is 0. The lowest BCUT2D eigenvalue weighted by molar-refractivity contribution is 0.00381. The Hall–Kier alpha value is -1.40. The van der Waals surface area contributed by atoms with Gasteiger partial charge >= 0.3 is 0 Å². The van der Waals surface area contributed by atoms with Crippen molar-refractivity contribution in [3.63, 3.8) is 0 Å². The molecule has 0 aromatic carbocycles. The van der Waals surface area contributed by atoms with Gasteiger partial charge in [-0.3, -0.25) is 9.89 Å². The Morgan fingerprint density at radius 1 is 1.32 bits per heavy atom. The molecule has 22 heavy (non-hydrogen) atoms. The van der Waals surface area contributed by atoms with Crippen LogP contribution in [0.2, 0.25) is 0 Å². The van der Waals surface area contributed by atoms with Gasteiger partial charge in [-0.2, -0.15) is 5.10 Å². The van der Waals surface area contributed by atoms with Gasteiger partial charge in [0.15, 0.2) is 5.69 Å². The minimum atomic E-state index is 0.0632. The summed E-state index contributed by atoms with van der Waals surface area (Å²) in [5.74, 6) is 0.0632. The van der Waals surface area contributed by atoms with Gasteiger partial charge in [0.2, 0.25) is 0 Å². The quantitative estimate of drug-likeness (QED) is 0.804. The molecule has 1 fully saturated rings. The van der Waals surface area contributed by atoms with Crippen molar-refractivity contribution in [2.24, 2.45) is 0 Å². The SMILES string of the molecule is O=C(c1n[nH]c2c1CCCC2)N1CCC(OCCCO)CC1. The molecule has 0 spiro atoms. The zero-order chi connectivity index (χ0) is 15.4. The van der Waals surface area contributed by atoms with Crippen LogP contribution < -0.4 is 0 Å². The lowest BCUT2D eigenvalue weighted by atomic mass is 9.95. The van der Waals surface area contributed by atoms with E-state index in [1.807, 2.05) is 4.90 Å². The Morgan fingerprint density at radius 2 is 2.09 bits per heavy atom. The Bertz CT molecular complexity index is 507. The fourth-order valence-corrected chi connectivity index (χ4v) is 3.35. The molecule has 1 amide bonds. The smallest absolute Gasteiger partial charge is 0.274 e. The van der Waals surface area contributed by atoms with E-state index in [0.717, 1.165) is 56.5 Å². The van der Waals surface area contributed by atoms with E-state index >= 15 is 0 Å². The molecule has 1 saturated heterocycles. The molecule has 6 nitrogen and oxygen atoms in total. The normalized spacial score (nSPS) is 19.2. The highest BCUT2D eigenvalue weighted by Crippen LogP contribution is 2.24. The number of ether oxygens (including phenoxy) is 1. The van der Waals surface area contributed by atoms with Crippen LogP contribution in [-0.2, 0) is 17.6 Å². The molecule has 1 aliphatic heterocycles. The van der Waals surface area contributed by atoms with Crippen LogP contribution in [0.5, 0.6) is 0 Å². The van der Waals surface area contributed by atoms with Crippen LogP contribution in [0.1, 0.15) is 53.8 Å². The zero-order valence-electron chi connectivity index (χ0n) is 13.0. The molecular formula is C16H25N3O3. The van der Waals surface area contributed by atoms with E-state index in [-0.39, 0.29) is 18.6 Å². The molecule has 1 aromatic rings. The first kappa shape index (κ1) is 15.5. The van der Waals surface area contributed by atoms with E-state index in [9.17, 15) is 4.79 Å². The molecule has 6 heteroatoms. The number of aromatic nitrogens is 2. The average Bonchev–Trinajstić information content (AvgIpc) is 2.99. The molecule has 2 aliphatic rings. The first-order valence-corrected chi connectivity index (χ1v) is 8.37. The number of rotatable bonds is 5. The molecule has 2 N–H and O–H groups in total. The minimum absolute atomic E-state index is 0.0632. The van der Waals surface area contributed by atoms with Gasteiger partial charge in [0.1, 0.15) is 0 Å². The first-order valence-electron chi connectivity index (χ1n) is 8.37. The highest BCUT2D eigenvalue weighted by molar-refractivity contribution is 5.94. The monoisotopic (exact) mass is 307 g/mol. The second-order valence-corrected chi connectivity index (χ2v) is 6.18. The van der Waals surface area contributed by atoms with Gasteiger partial charge in [0.25, 0.3) is 5.91 Å². The predicted molar refractivity (Wildman–Crippen MR) is 81.8 cm³/mol. The third-order valence-corrected chi connectivity index (χ3v) is 4.64. The van der Waals surface area contributed by atoms with Crippen molar-refractivity contribution < 1.29 is 14.6 Å². The summed E-state index contributed by atoms with van der Waals surface area (Å²) >= 11 is 0. The fraction of sp³-hybridized carbons (Fsp3) is 0.750. The van der Waals surface area contributed by atoms with Crippen LogP contribution in [0.25, 0.3) is 0 Å². The summed E-state index contributed by atoms with van der Waals surface area (Å²) < 4.78 is 5.71. The largest absolute Gasteiger partial charge is 0.396 e. The van der Waals surface area contributed by atoms with Crippen molar-refractivity contribution in [2.75, 3.05) is 26.3 Å². The Balaban J connectivity index is 1.55. The van der Waals surface area contributed by atoms with E-state index in [0.29, 0.717) is 18.7 Å². The topological polar surface area (TPSA) is 78.5 Å². The number of carbonyl (C=O) groups is 1. The third-order valence-electron chi connectivity index (χ3n) is 4.64. The molecule has 0 radical (unpaired) electrons. The Kier molecular flexibility index (Phi) is 5.10. The summed E-state index contributed by atoms with van der Waals surface area (Å²) in [5.41, 5.74) is 2.92. The average molecular weight is 307 g/mol. The van der Waals surface area contributed by atoms with Crippen LogP contribution >= 0.6 is 0 Å². The second kappa shape index (κ2) is 7.24. The lowest BCUT2D eigenvalue weighted by Gasteiger charge is -2.31. The van der Waals surface area contributed by atoms with Crippen molar-refractivity contribution in [3.05, 3.63) is 17.0 Å². The van der Waals surface area contributed by atoms with E-state index in [1.165, 1.54) is 6.42 Å². The molecule has 1 aliphatic carbocycles. The molecule has 1 aromatic heterocycles. The molecule has 0 saturated carbocycles. The van der Waals surface area contributed by atoms with Crippen molar-refractivity contribution in [1.29, 1.82) is 0 Å². The van der Waals surface area contributed by atoms with Gasteiger partial charge in [0.05, 0.1) is 6.10 Å². The maximum Gasteiger partial charge on any atom is 0.274 e. The number of aliphatic hydroxyl groups is 1. The molecule has 0 unspecified atom stereocenters. The van der Waals surface area contributed by atoms with E-state index in [1.54, 1.807) is 0 Å². The lowest BCUT2D eigenvalue weighted by Crippen LogP contribution is -2.41. The van der Waals surface area contributed by atoms with Gasteiger partial charge in [0, 0.05) is 37.6 Å². The van der Waals surface area contributed by atoms with Gasteiger partial charge in [-0.15, -0.1) is 0 Å². The zero-order valence-corrected chi connectivity index (χ0v) is 13.0. The summed E-state index contributed by atoms with van der Waals surface area (Å²) in [6.07, 6.45) is 6.92. The Morgan fingerprint density at radius 3 is 2.86 bits per heavy atom. The summed E-state index contributed by atoms with van der Waals surface area (Å²) in [4.78, 5) is 14.6. The van der Waals surface area contributed by atoms with Crippen molar-refractivity contribution in [1.82, 2.24) is 15.1 Å². The number of fused-ring (bicyclic) bond motifs is 1. The van der Waals surface area contributed by atoms with Gasteiger partial charge in [-0.1, -0.05) is 0 Å². The summed E-state index contributed by atoms with van der Waals surface area (Å²) in [6, 6.07) is 0. The number of aromatic amines is 1. The molecule has 0 atom stereocenters. The number of aryl methyl sites for hydroxylation is 1. The molecule has 122 valence electrons. The number of nitrogens with one attached hydrogen (secondary N) is 1. The van der Waals surface area contributed by atoms with Crippen molar-refractivity contribution >= 4 is 5.91 Å². The van der Waals surface area contributed by atoms with E-state index in [2.05, 4.69) is 10.2 Å². The molecular weight excluding hydrogens is 282 g/mol. The van der Waals surface area contributed by atoms with Gasteiger partial charge in [-0.05, 0) is 44.9 Å². The Labute approximate surface area is 130 Å². The number of carbonyl (C=O) groups excluding carboxylic acids is 1. The van der Waals surface area contributed by atoms with Crippen molar-refractivity contribution in [2.45, 2.75) is 51.0 Å². The second-order valence-electron chi connectivity index (χ2n) is 6.18. The van der Waals surface area contributed by atoms with Gasteiger partial charge < -0.3 is 14.7 Å². The highest BCUT2D eigenvalue weighted by atomic mass is 16.5. The number of nitrogens with zero attached hydrogens (tertiary/aromatic N) is 2. The first-order chi connectivity index (χ1) is 10.8. The van der Waals surface area contributed by atoms with Gasteiger partial charge in [-0.25, -0.2) is 0 Å². The summed E-state index contributed by atoms with van der Waals surface area (Å²) in [6.45, 7) is 2.22. The van der Waals surface area contributed by atoms with E-state index in [4.69, 9.17) is 9.84 Å². The maximum atomic E-state index is 12.7. The minimum Gasteiger partial charge on any atom is -0.396 e. The number of likely N-dealkylation sites (tertiary alicyclic amines) is 1. The van der Waals surface area contributed by atoms with Crippen LogP contribution in [0.4, 0.5) is 0 Å². The van der Waals surface area contributed by atoms with E-state index < -0.39 is 0 Å². The highest BCUT2D eigenvalue weighted by Gasteiger charge is 2.28. The number of amides is 1. The standard InChI is InChI=1S/C16H25N3O3/c20-10-3-11-22-12-6-8-19(9-7-12)16(21)15-13-4-1-2-5-14(13)17-18-15/h12,20H,1-11H2,(H,17,18). The van der Waals surface area contributed by atoms with Crippen LogP contribution in [0, 0.1) is 0 Å². The number of piperidine rings is 1. The summed E-state index contributed by atoms with van der Waals surface area (Å²) in [5, 5.41) is 16.1. The molecule has 2 heterocycles. The fourth-order valence-electron chi connectivity index (χ4n) is 3.35. The third kappa shape index (κ3) is 3.33. The number of hydrogen-bond acceptors (Lipinski definition) is 4. The molecule has 0 bridgehead atoms. The van der Waals surface area contributed by atoms with Crippen LogP contribution in [-0.4, -0.2) is 58.5 Å². The molecule has 3 rings (SSSR count). The maximum absolute atomic E-state index is 12.7.